The lowest BCUT2D eigenvalue weighted by Crippen LogP contribution is -2.05. The van der Waals surface area contributed by atoms with Crippen LogP contribution in [0.1, 0.15) is 17.1 Å². The summed E-state index contributed by atoms with van der Waals surface area (Å²) in [6.07, 6.45) is 1.10. The Morgan fingerprint density at radius 2 is 2.08 bits per heavy atom. The Hall–Kier alpha value is -2.59. The molecule has 138 valence electrons. The normalized spacial score (nSPS) is 11.8. The summed E-state index contributed by atoms with van der Waals surface area (Å²) < 4.78 is 48.4. The van der Waals surface area contributed by atoms with Crippen molar-refractivity contribution in [2.24, 2.45) is 0 Å². The molecule has 3 aromatic rings. The van der Waals surface area contributed by atoms with Crippen LogP contribution in [0.25, 0.3) is 17.3 Å². The summed E-state index contributed by atoms with van der Waals surface area (Å²) >= 11 is 0. The number of aromatic nitrogens is 4. The van der Waals surface area contributed by atoms with Crippen molar-refractivity contribution in [1.29, 1.82) is 0 Å². The molecule has 0 aliphatic heterocycles. The van der Waals surface area contributed by atoms with Gasteiger partial charge in [0.15, 0.2) is 15.7 Å². The van der Waals surface area contributed by atoms with Crippen LogP contribution in [0.3, 0.4) is 0 Å². The molecule has 0 aliphatic carbocycles. The maximum Gasteiger partial charge on any atom is 0.204 e. The first-order valence-electron chi connectivity index (χ1n) is 7.62. The highest BCUT2D eigenvalue weighted by Gasteiger charge is 2.21. The number of sulfone groups is 1. The standard InChI is InChI=1S/C16H17FN4O4S/c1-10-6-11(17)4-5-13(10)21-16(14-7-12(8-24-2)20-25-14)18-15(19-21)9-26(3,22)23/h4-7H,8-9H2,1-3H3. The molecule has 8 nitrogen and oxygen atoms in total. The van der Waals surface area contributed by atoms with E-state index in [0.29, 0.717) is 22.7 Å². The molecule has 1 aromatic carbocycles. The van der Waals surface area contributed by atoms with Crippen LogP contribution in [0, 0.1) is 12.7 Å². The van der Waals surface area contributed by atoms with Crippen LogP contribution in [-0.2, 0) is 26.9 Å². The number of ether oxygens (including phenoxy) is 1. The van der Waals surface area contributed by atoms with E-state index in [0.717, 1.165) is 6.26 Å². The molecule has 0 aliphatic rings. The second-order valence-electron chi connectivity index (χ2n) is 5.88. The minimum Gasteiger partial charge on any atom is -0.378 e. The molecule has 2 heterocycles. The highest BCUT2D eigenvalue weighted by molar-refractivity contribution is 7.89. The lowest BCUT2D eigenvalue weighted by atomic mass is 10.2. The zero-order chi connectivity index (χ0) is 18.9. The first-order valence-corrected chi connectivity index (χ1v) is 9.68. The molecule has 0 saturated carbocycles. The average molecular weight is 380 g/mol. The lowest BCUT2D eigenvalue weighted by molar-refractivity contribution is 0.177. The fourth-order valence-electron chi connectivity index (χ4n) is 2.47. The van der Waals surface area contributed by atoms with E-state index in [1.807, 2.05) is 0 Å². The van der Waals surface area contributed by atoms with Crippen LogP contribution in [0.5, 0.6) is 0 Å². The van der Waals surface area contributed by atoms with Crippen LogP contribution in [0.2, 0.25) is 0 Å². The Morgan fingerprint density at radius 3 is 2.73 bits per heavy atom. The summed E-state index contributed by atoms with van der Waals surface area (Å²) in [6.45, 7) is 1.97. The third-order valence-corrected chi connectivity index (χ3v) is 4.28. The number of rotatable bonds is 6. The van der Waals surface area contributed by atoms with Crippen molar-refractivity contribution in [1.82, 2.24) is 19.9 Å². The Labute approximate surface area is 149 Å². The first kappa shape index (κ1) is 18.2. The molecular weight excluding hydrogens is 363 g/mol. The van der Waals surface area contributed by atoms with Gasteiger partial charge in [0.05, 0.1) is 12.3 Å². The molecule has 0 fully saturated rings. The molecule has 0 atom stereocenters. The summed E-state index contributed by atoms with van der Waals surface area (Å²) in [6, 6.07) is 5.82. The highest BCUT2D eigenvalue weighted by Crippen LogP contribution is 2.25. The Kier molecular flexibility index (Phi) is 4.88. The summed E-state index contributed by atoms with van der Waals surface area (Å²) in [7, 11) is -1.80. The maximum atomic E-state index is 13.4. The summed E-state index contributed by atoms with van der Waals surface area (Å²) in [5.41, 5.74) is 1.72. The van der Waals surface area contributed by atoms with E-state index < -0.39 is 9.84 Å². The van der Waals surface area contributed by atoms with Crippen molar-refractivity contribution in [3.8, 4) is 17.3 Å². The molecule has 0 radical (unpaired) electrons. The van der Waals surface area contributed by atoms with E-state index in [1.165, 1.54) is 23.9 Å². The predicted octanol–water partition coefficient (Wildman–Crippen LogP) is 2.06. The zero-order valence-electron chi connectivity index (χ0n) is 14.4. The van der Waals surface area contributed by atoms with E-state index in [9.17, 15) is 12.8 Å². The SMILES string of the molecule is COCc1cc(-c2nc(CS(C)(=O)=O)nn2-c2ccc(F)cc2C)on1. The maximum absolute atomic E-state index is 13.4. The van der Waals surface area contributed by atoms with E-state index in [-0.39, 0.29) is 29.8 Å². The number of methoxy groups -OCH3 is 1. The molecule has 3 rings (SSSR count). The molecule has 0 unspecified atom stereocenters. The van der Waals surface area contributed by atoms with Gasteiger partial charge in [-0.3, -0.25) is 0 Å². The van der Waals surface area contributed by atoms with Crippen molar-refractivity contribution < 1.29 is 22.1 Å². The molecule has 0 spiro atoms. The molecule has 0 N–H and O–H groups in total. The summed E-state index contributed by atoms with van der Waals surface area (Å²) in [5.74, 6) is -0.0322. The Bertz CT molecular complexity index is 1040. The van der Waals surface area contributed by atoms with Gasteiger partial charge >= 0.3 is 0 Å². The second kappa shape index (κ2) is 6.96. The van der Waals surface area contributed by atoms with Gasteiger partial charge < -0.3 is 9.26 Å². The third kappa shape index (κ3) is 3.97. The number of nitrogens with zero attached hydrogens (tertiary/aromatic N) is 4. The quantitative estimate of drug-likeness (QED) is 0.645. The molecule has 26 heavy (non-hydrogen) atoms. The molecule has 10 heteroatoms. The van der Waals surface area contributed by atoms with Gasteiger partial charge in [0.25, 0.3) is 0 Å². The van der Waals surface area contributed by atoms with Gasteiger partial charge in [0.2, 0.25) is 11.6 Å². The van der Waals surface area contributed by atoms with E-state index >= 15 is 0 Å². The fraction of sp³-hybridized carbons (Fsp3) is 0.312. The molecule has 0 bridgehead atoms. The number of hydrogen-bond acceptors (Lipinski definition) is 7. The number of halogens is 1. The molecule has 0 amide bonds. The van der Waals surface area contributed by atoms with E-state index in [4.69, 9.17) is 9.26 Å². The summed E-state index contributed by atoms with van der Waals surface area (Å²) in [5, 5.41) is 8.15. The molecular formula is C16H17FN4O4S. The van der Waals surface area contributed by atoms with E-state index in [1.54, 1.807) is 19.1 Å². The monoisotopic (exact) mass is 380 g/mol. The lowest BCUT2D eigenvalue weighted by Gasteiger charge is -2.07. The number of benzene rings is 1. The predicted molar refractivity (Wildman–Crippen MR) is 90.8 cm³/mol. The van der Waals surface area contributed by atoms with Crippen LogP contribution >= 0.6 is 0 Å². The topological polar surface area (TPSA) is 100 Å². The van der Waals surface area contributed by atoms with Gasteiger partial charge in [-0.2, -0.15) is 0 Å². The smallest absolute Gasteiger partial charge is 0.204 e. The van der Waals surface area contributed by atoms with Crippen LogP contribution in [-0.4, -0.2) is 41.7 Å². The average Bonchev–Trinajstić information content (AvgIpc) is 3.13. The minimum atomic E-state index is -3.33. The third-order valence-electron chi connectivity index (χ3n) is 3.50. The van der Waals surface area contributed by atoms with Gasteiger partial charge in [-0.05, 0) is 30.7 Å². The summed E-state index contributed by atoms with van der Waals surface area (Å²) in [4.78, 5) is 4.28. The number of hydrogen-bond donors (Lipinski definition) is 0. The zero-order valence-corrected chi connectivity index (χ0v) is 15.2. The Morgan fingerprint density at radius 1 is 1.31 bits per heavy atom. The van der Waals surface area contributed by atoms with Gasteiger partial charge in [-0.1, -0.05) is 5.16 Å². The van der Waals surface area contributed by atoms with Crippen molar-refractivity contribution in [2.45, 2.75) is 19.3 Å². The van der Waals surface area contributed by atoms with Crippen LogP contribution in [0.4, 0.5) is 4.39 Å². The molecule has 2 aromatic heterocycles. The largest absolute Gasteiger partial charge is 0.378 e. The Balaban J connectivity index is 2.14. The minimum absolute atomic E-state index is 0.107. The fourth-order valence-corrected chi connectivity index (χ4v) is 3.06. The molecule has 0 saturated heterocycles. The van der Waals surface area contributed by atoms with Gasteiger partial charge in [0.1, 0.15) is 17.3 Å². The van der Waals surface area contributed by atoms with Crippen molar-refractivity contribution in [3.63, 3.8) is 0 Å². The highest BCUT2D eigenvalue weighted by atomic mass is 32.2. The first-order chi connectivity index (χ1) is 12.3. The number of aryl methyl sites for hydroxylation is 1. The van der Waals surface area contributed by atoms with Crippen LogP contribution in [0.15, 0.2) is 28.8 Å². The van der Waals surface area contributed by atoms with Crippen molar-refractivity contribution >= 4 is 9.84 Å². The van der Waals surface area contributed by atoms with Crippen LogP contribution < -0.4 is 0 Å². The van der Waals surface area contributed by atoms with Gasteiger partial charge in [-0.25, -0.2) is 22.5 Å². The second-order valence-corrected chi connectivity index (χ2v) is 8.02. The van der Waals surface area contributed by atoms with E-state index in [2.05, 4.69) is 15.2 Å². The van der Waals surface area contributed by atoms with Crippen molar-refractivity contribution in [3.05, 3.63) is 47.2 Å². The van der Waals surface area contributed by atoms with Gasteiger partial charge in [0, 0.05) is 19.4 Å². The van der Waals surface area contributed by atoms with Gasteiger partial charge in [-0.15, -0.1) is 5.10 Å². The van der Waals surface area contributed by atoms with Crippen molar-refractivity contribution in [2.75, 3.05) is 13.4 Å².